The Morgan fingerprint density at radius 2 is 2.20 bits per heavy atom. The maximum atomic E-state index is 11.2. The summed E-state index contributed by atoms with van der Waals surface area (Å²) >= 11 is 0. The summed E-state index contributed by atoms with van der Waals surface area (Å²) < 4.78 is 0. The SMILES string of the molecule is C[C@@H](CO)NC(=O)NCc1ccncc1. The first-order chi connectivity index (χ1) is 7.22. The van der Waals surface area contributed by atoms with E-state index in [2.05, 4.69) is 15.6 Å². The molecule has 0 bridgehead atoms. The number of hydrogen-bond donors (Lipinski definition) is 3. The van der Waals surface area contributed by atoms with Gasteiger partial charge in [0.25, 0.3) is 0 Å². The van der Waals surface area contributed by atoms with Crippen molar-refractivity contribution in [3.8, 4) is 0 Å². The number of nitrogens with one attached hydrogen (secondary N) is 2. The standard InChI is InChI=1S/C10H15N3O2/c1-8(7-14)13-10(15)12-6-9-2-4-11-5-3-9/h2-5,8,14H,6-7H2,1H3,(H2,12,13,15)/t8-/m0/s1. The fourth-order valence-electron chi connectivity index (χ4n) is 1.00. The fraction of sp³-hybridized carbons (Fsp3) is 0.400. The molecule has 15 heavy (non-hydrogen) atoms. The Bertz CT molecular complexity index is 303. The molecule has 0 saturated carbocycles. The lowest BCUT2D eigenvalue weighted by atomic mass is 10.3. The van der Waals surface area contributed by atoms with Crippen LogP contribution in [0.3, 0.4) is 0 Å². The molecule has 0 aliphatic rings. The minimum absolute atomic E-state index is 0.0668. The minimum Gasteiger partial charge on any atom is -0.394 e. The van der Waals surface area contributed by atoms with E-state index in [1.54, 1.807) is 19.3 Å². The number of carbonyl (C=O) groups excluding carboxylic acids is 1. The van der Waals surface area contributed by atoms with E-state index in [9.17, 15) is 4.79 Å². The summed E-state index contributed by atoms with van der Waals surface area (Å²) in [6.45, 7) is 2.11. The van der Waals surface area contributed by atoms with E-state index in [1.807, 2.05) is 12.1 Å². The number of carbonyl (C=O) groups is 1. The Balaban J connectivity index is 2.29. The number of aromatic nitrogens is 1. The van der Waals surface area contributed by atoms with Gasteiger partial charge in [0, 0.05) is 18.9 Å². The molecule has 5 nitrogen and oxygen atoms in total. The zero-order chi connectivity index (χ0) is 11.1. The van der Waals surface area contributed by atoms with Crippen LogP contribution in [0.15, 0.2) is 24.5 Å². The van der Waals surface area contributed by atoms with Crippen LogP contribution in [-0.2, 0) is 6.54 Å². The lowest BCUT2D eigenvalue weighted by Crippen LogP contribution is -2.41. The number of pyridine rings is 1. The number of amides is 2. The van der Waals surface area contributed by atoms with Crippen molar-refractivity contribution in [3.63, 3.8) is 0 Å². The molecule has 0 spiro atoms. The zero-order valence-electron chi connectivity index (χ0n) is 8.60. The molecule has 0 aromatic carbocycles. The molecule has 1 heterocycles. The number of urea groups is 1. The molecule has 5 heteroatoms. The number of rotatable bonds is 4. The molecular formula is C10H15N3O2. The second-order valence-corrected chi connectivity index (χ2v) is 3.27. The Labute approximate surface area is 88.5 Å². The minimum atomic E-state index is -0.284. The van der Waals surface area contributed by atoms with Gasteiger partial charge in [-0.15, -0.1) is 0 Å². The third-order valence-electron chi connectivity index (χ3n) is 1.85. The zero-order valence-corrected chi connectivity index (χ0v) is 8.60. The van der Waals surface area contributed by atoms with Gasteiger partial charge in [0.15, 0.2) is 0 Å². The molecule has 82 valence electrons. The topological polar surface area (TPSA) is 74.2 Å². The van der Waals surface area contributed by atoms with E-state index in [1.165, 1.54) is 0 Å². The smallest absolute Gasteiger partial charge is 0.315 e. The maximum Gasteiger partial charge on any atom is 0.315 e. The lowest BCUT2D eigenvalue weighted by molar-refractivity contribution is 0.220. The van der Waals surface area contributed by atoms with E-state index >= 15 is 0 Å². The van der Waals surface area contributed by atoms with Gasteiger partial charge in [0.2, 0.25) is 0 Å². The van der Waals surface area contributed by atoms with Crippen LogP contribution < -0.4 is 10.6 Å². The highest BCUT2D eigenvalue weighted by Crippen LogP contribution is 1.94. The highest BCUT2D eigenvalue weighted by Gasteiger charge is 2.04. The van der Waals surface area contributed by atoms with E-state index in [4.69, 9.17) is 5.11 Å². The van der Waals surface area contributed by atoms with Crippen LogP contribution in [0.2, 0.25) is 0 Å². The molecule has 0 aliphatic heterocycles. The molecular weight excluding hydrogens is 194 g/mol. The van der Waals surface area contributed by atoms with E-state index in [0.717, 1.165) is 5.56 Å². The molecule has 1 rings (SSSR count). The van der Waals surface area contributed by atoms with Crippen LogP contribution in [-0.4, -0.2) is 28.8 Å². The number of aliphatic hydroxyl groups excluding tert-OH is 1. The largest absolute Gasteiger partial charge is 0.394 e. The van der Waals surface area contributed by atoms with Crippen LogP contribution in [0, 0.1) is 0 Å². The molecule has 2 amide bonds. The van der Waals surface area contributed by atoms with Gasteiger partial charge >= 0.3 is 6.03 Å². The lowest BCUT2D eigenvalue weighted by Gasteiger charge is -2.11. The second kappa shape index (κ2) is 5.98. The molecule has 3 N–H and O–H groups in total. The number of hydrogen-bond acceptors (Lipinski definition) is 3. The van der Waals surface area contributed by atoms with Crippen LogP contribution in [0.5, 0.6) is 0 Å². The molecule has 0 saturated heterocycles. The molecule has 0 fully saturated rings. The Morgan fingerprint density at radius 3 is 2.80 bits per heavy atom. The number of nitrogens with zero attached hydrogens (tertiary/aromatic N) is 1. The van der Waals surface area contributed by atoms with Gasteiger partial charge in [-0.1, -0.05) is 0 Å². The normalized spacial score (nSPS) is 11.9. The average molecular weight is 209 g/mol. The van der Waals surface area contributed by atoms with Crippen molar-refractivity contribution in [2.75, 3.05) is 6.61 Å². The highest BCUT2D eigenvalue weighted by molar-refractivity contribution is 5.74. The van der Waals surface area contributed by atoms with Crippen molar-refractivity contribution < 1.29 is 9.90 Å². The molecule has 1 aromatic heterocycles. The summed E-state index contributed by atoms with van der Waals surface area (Å²) in [5.41, 5.74) is 0.983. The highest BCUT2D eigenvalue weighted by atomic mass is 16.3. The van der Waals surface area contributed by atoms with Gasteiger partial charge in [-0.25, -0.2) is 4.79 Å². The summed E-state index contributed by atoms with van der Waals surface area (Å²) in [6, 6.07) is 3.14. The van der Waals surface area contributed by atoms with Crippen molar-refractivity contribution in [1.29, 1.82) is 0 Å². The Hall–Kier alpha value is -1.62. The van der Waals surface area contributed by atoms with Crippen LogP contribution in [0.1, 0.15) is 12.5 Å². The van der Waals surface area contributed by atoms with Crippen molar-refractivity contribution in [3.05, 3.63) is 30.1 Å². The van der Waals surface area contributed by atoms with E-state index < -0.39 is 0 Å². The van der Waals surface area contributed by atoms with Gasteiger partial charge in [0.1, 0.15) is 0 Å². The first-order valence-electron chi connectivity index (χ1n) is 4.76. The summed E-state index contributed by atoms with van der Waals surface area (Å²) in [6.07, 6.45) is 3.34. The summed E-state index contributed by atoms with van der Waals surface area (Å²) in [4.78, 5) is 15.1. The van der Waals surface area contributed by atoms with Crippen LogP contribution >= 0.6 is 0 Å². The van der Waals surface area contributed by atoms with Crippen molar-refractivity contribution in [1.82, 2.24) is 15.6 Å². The third kappa shape index (κ3) is 4.42. The van der Waals surface area contributed by atoms with Crippen LogP contribution in [0.4, 0.5) is 4.79 Å². The molecule has 1 atom stereocenters. The average Bonchev–Trinajstić information content (AvgIpc) is 2.27. The predicted octanol–water partition coefficient (Wildman–Crippen LogP) is 0.262. The van der Waals surface area contributed by atoms with Gasteiger partial charge in [-0.05, 0) is 24.6 Å². The molecule has 0 unspecified atom stereocenters. The molecule has 0 aliphatic carbocycles. The van der Waals surface area contributed by atoms with Gasteiger partial charge in [-0.3, -0.25) is 4.98 Å². The second-order valence-electron chi connectivity index (χ2n) is 3.27. The molecule has 0 radical (unpaired) electrons. The molecule has 1 aromatic rings. The fourth-order valence-corrected chi connectivity index (χ4v) is 1.00. The first kappa shape index (κ1) is 11.5. The summed E-state index contributed by atoms with van der Waals surface area (Å²) in [5.74, 6) is 0. The Kier molecular flexibility index (Phi) is 4.56. The van der Waals surface area contributed by atoms with Crippen molar-refractivity contribution in [2.45, 2.75) is 19.5 Å². The van der Waals surface area contributed by atoms with Gasteiger partial charge in [0.05, 0.1) is 12.6 Å². The van der Waals surface area contributed by atoms with Gasteiger partial charge in [-0.2, -0.15) is 0 Å². The monoisotopic (exact) mass is 209 g/mol. The quantitative estimate of drug-likeness (QED) is 0.666. The van der Waals surface area contributed by atoms with Gasteiger partial charge < -0.3 is 15.7 Å². The first-order valence-corrected chi connectivity index (χ1v) is 4.76. The van der Waals surface area contributed by atoms with E-state index in [-0.39, 0.29) is 18.7 Å². The van der Waals surface area contributed by atoms with Crippen LogP contribution in [0.25, 0.3) is 0 Å². The number of aliphatic hydroxyl groups is 1. The van der Waals surface area contributed by atoms with E-state index in [0.29, 0.717) is 6.54 Å². The predicted molar refractivity (Wildman–Crippen MR) is 56.2 cm³/mol. The third-order valence-corrected chi connectivity index (χ3v) is 1.85. The Morgan fingerprint density at radius 1 is 1.53 bits per heavy atom. The maximum absolute atomic E-state index is 11.2. The van der Waals surface area contributed by atoms with Crippen molar-refractivity contribution >= 4 is 6.03 Å². The summed E-state index contributed by atoms with van der Waals surface area (Å²) in [5, 5.41) is 14.0. The summed E-state index contributed by atoms with van der Waals surface area (Å²) in [7, 11) is 0. The van der Waals surface area contributed by atoms with Crippen molar-refractivity contribution in [2.24, 2.45) is 0 Å².